The molecular weight excluding hydrogens is 1760 g/mol. The molecule has 13 aromatic rings. The SMILES string of the molecule is CCN(CC)CCNC(=O)c1ccc(C)c2c(=O)c3ccccc3[nH]c12.CCN(CC)CCNC(=O)c1ccc(C)c2c(=O)c3ccccc3[nH]c12.COC(=O)c1ccc(C)c2c1Nc1ccccc1C2.COC(=O)c1ccc(C)cc1N.COC(=O)c1ccc(C)cc1Nc1ccccc1C(=O)O.Cl.O=C([O-])c1ccccc1[I+]c1ccccc1.O=S(=O)(O)O. The van der Waals surface area contributed by atoms with Crippen LogP contribution < -0.4 is 64.2 Å². The highest BCUT2D eigenvalue weighted by Gasteiger charge is 2.25. The normalized spacial score (nSPS) is 10.8. The number of H-pyrrole nitrogens is 2. The quantitative estimate of drug-likeness (QED) is 0.00797. The van der Waals surface area contributed by atoms with Crippen molar-refractivity contribution in [3.63, 3.8) is 0 Å². The number of rotatable bonds is 21. The van der Waals surface area contributed by atoms with Gasteiger partial charge in [-0.25, -0.2) is 19.2 Å². The van der Waals surface area contributed by atoms with E-state index < -0.39 is 55.5 Å². The van der Waals surface area contributed by atoms with Crippen LogP contribution >= 0.6 is 12.4 Å². The number of para-hydroxylation sites is 4. The Morgan fingerprint density at radius 1 is 0.492 bits per heavy atom. The van der Waals surface area contributed by atoms with Crippen molar-refractivity contribution in [2.75, 3.05) is 90.1 Å². The minimum absolute atomic E-state index is 0. The molecule has 27 nitrogen and oxygen atoms in total. The molecule has 11 aromatic carbocycles. The third-order valence-electron chi connectivity index (χ3n) is 20.1. The number of ether oxygens (including phenoxy) is 3. The van der Waals surface area contributed by atoms with Crippen LogP contribution in [-0.4, -0.2) is 158 Å². The summed E-state index contributed by atoms with van der Waals surface area (Å²) in [7, 11) is -0.621. The van der Waals surface area contributed by atoms with Gasteiger partial charge in [0.15, 0.2) is 14.4 Å². The topological polar surface area (TPSA) is 411 Å². The number of aryl methyl sites for hydroxylation is 5. The number of halogens is 2. The number of carbonyl (C=O) groups excluding carboxylic acids is 6. The van der Waals surface area contributed by atoms with E-state index in [9.17, 15) is 53.4 Å². The number of hydrogen-bond acceptors (Lipinski definition) is 20. The van der Waals surface area contributed by atoms with Crippen LogP contribution in [0, 0.1) is 41.8 Å². The summed E-state index contributed by atoms with van der Waals surface area (Å²) in [6.45, 7) is 24.7. The first kappa shape index (κ1) is 100.0. The van der Waals surface area contributed by atoms with Crippen LogP contribution in [-0.2, 0) is 31.0 Å². The fraction of sp³-hybridized carbons (Fsp3) is 0.219. The number of nitrogens with two attached hydrogens (primary N) is 1. The number of anilines is 5. The van der Waals surface area contributed by atoms with Crippen molar-refractivity contribution < 1.29 is 96.7 Å². The molecule has 2 amide bonds. The van der Waals surface area contributed by atoms with Gasteiger partial charge in [0.25, 0.3) is 11.8 Å². The number of hydrogen-bond donors (Lipinski definition) is 10. The summed E-state index contributed by atoms with van der Waals surface area (Å²) >= 11 is -0.447. The number of esters is 3. The molecule has 1 aliphatic heterocycles. The number of likely N-dealkylation sites (N-methyl/N-ethyl adjacent to an activating group) is 2. The van der Waals surface area contributed by atoms with E-state index in [4.69, 9.17) is 32.7 Å². The maximum absolute atomic E-state index is 12.9. The standard InChI is InChI=1S/2C21H25N3O2.C16H15NO4.C16H15NO2.C13H9IO2.C9H11NO2.ClH.H2O4S/c2*1-4-24(5-2)13-12-22-21(26)16-11-10-14(3)18-19(16)23-17-9-7-6-8-15(17)20(18)25;1-10-7-8-12(16(20)21-2)14(9-10)17-13-6-4-3-5-11(13)15(18)19;1-10-7-8-12(16(18)19-2)15-13(10)9-11-5-3-4-6-14(11)17-15;15-13(16)11-8-4-5-9-12(11)14-10-6-2-1-3-7-10;1-6-3-4-7(8(10)5-6)9(11)12-2;;1-5(2,3)4/h2*6-11H,4-5,12-13H2,1-3H3,(H,22,26)(H,23,25);3-9,17H,1-2H3,(H,18,19);3-8,17H,9H2,1-2H3;1-9H;3-5H,10H2,1-2H3;1H;(H2,1,2,3,4). The molecule has 0 saturated heterocycles. The zero-order valence-electron chi connectivity index (χ0n) is 71.9. The van der Waals surface area contributed by atoms with E-state index in [0.717, 1.165) is 93.9 Å². The first-order chi connectivity index (χ1) is 59.8. The van der Waals surface area contributed by atoms with Crippen LogP contribution in [0.15, 0.2) is 234 Å². The Bertz CT molecular complexity index is 6130. The Kier molecular flexibility index (Phi) is 38.2. The number of aromatic carboxylic acids is 2. The summed E-state index contributed by atoms with van der Waals surface area (Å²) in [6.07, 6.45) is 0.842. The number of carboxylic acid groups (broad SMARTS) is 2. The van der Waals surface area contributed by atoms with Crippen LogP contribution in [0.3, 0.4) is 0 Å². The van der Waals surface area contributed by atoms with Gasteiger partial charge < -0.3 is 76.0 Å². The van der Waals surface area contributed by atoms with Crippen LogP contribution in [0.2, 0.25) is 0 Å². The number of nitrogens with one attached hydrogen (secondary N) is 6. The number of pyridine rings is 2. The smallest absolute Gasteiger partial charge is 0.394 e. The molecular formula is C96H103ClIN9O18S. The Morgan fingerprint density at radius 3 is 1.41 bits per heavy atom. The number of amides is 2. The highest BCUT2D eigenvalue weighted by Crippen LogP contribution is 2.37. The first-order valence-corrected chi connectivity index (χ1v) is 43.4. The number of nitrogens with zero attached hydrogens (tertiary/aromatic N) is 2. The van der Waals surface area contributed by atoms with Crippen molar-refractivity contribution in [2.45, 2.75) is 68.7 Å². The number of aromatic amines is 2. The van der Waals surface area contributed by atoms with Gasteiger partial charge in [-0.05, 0) is 209 Å². The van der Waals surface area contributed by atoms with Gasteiger partial charge in [-0.1, -0.05) is 143 Å². The second-order valence-corrected chi connectivity index (χ2v) is 32.2. The van der Waals surface area contributed by atoms with E-state index in [1.165, 1.54) is 47.7 Å². The average Bonchev–Trinajstić information content (AvgIpc) is 0.759. The lowest BCUT2D eigenvalue weighted by molar-refractivity contribution is -0.598. The summed E-state index contributed by atoms with van der Waals surface area (Å²) in [5.74, 6) is -3.63. The molecule has 0 atom stereocenters. The van der Waals surface area contributed by atoms with Crippen molar-refractivity contribution in [1.82, 2.24) is 30.4 Å². The minimum Gasteiger partial charge on any atom is -0.545 e. The number of fused-ring (bicyclic) bond motifs is 6. The summed E-state index contributed by atoms with van der Waals surface area (Å²) in [5.41, 5.74) is 21.7. The molecule has 660 valence electrons. The molecule has 3 heterocycles. The molecule has 0 aliphatic carbocycles. The van der Waals surface area contributed by atoms with E-state index in [-0.39, 0.29) is 46.6 Å². The molecule has 126 heavy (non-hydrogen) atoms. The van der Waals surface area contributed by atoms with E-state index in [0.29, 0.717) is 96.1 Å². The molecule has 0 spiro atoms. The number of nitrogen functional groups attached to an aromatic ring is 1. The molecule has 14 rings (SSSR count). The maximum Gasteiger partial charge on any atom is 0.394 e. The Labute approximate surface area is 747 Å². The number of carbonyl (C=O) groups is 7. The molecule has 0 saturated carbocycles. The molecule has 0 bridgehead atoms. The summed E-state index contributed by atoms with van der Waals surface area (Å²) in [6, 6.07) is 68.0. The molecule has 11 N–H and O–H groups in total. The molecule has 0 unspecified atom stereocenters. The number of carboxylic acids is 2. The van der Waals surface area contributed by atoms with Crippen molar-refractivity contribution in [1.29, 1.82) is 0 Å². The molecule has 2 aromatic heterocycles. The average molecular weight is 1870 g/mol. The third-order valence-corrected chi connectivity index (χ3v) is 23.0. The highest BCUT2D eigenvalue weighted by atomic mass is 127. The largest absolute Gasteiger partial charge is 0.545 e. The lowest BCUT2D eigenvalue weighted by atomic mass is 9.91. The zero-order valence-corrected chi connectivity index (χ0v) is 75.6. The molecule has 0 radical (unpaired) electrons. The van der Waals surface area contributed by atoms with Crippen LogP contribution in [0.5, 0.6) is 0 Å². The number of methoxy groups -OCH3 is 3. The maximum atomic E-state index is 12.9. The number of benzene rings is 11. The van der Waals surface area contributed by atoms with Gasteiger partial charge >= 0.3 is 55.5 Å². The van der Waals surface area contributed by atoms with E-state index in [2.05, 4.69) is 86.5 Å². The molecule has 1 aliphatic rings. The van der Waals surface area contributed by atoms with Crippen LogP contribution in [0.4, 0.5) is 28.4 Å². The summed E-state index contributed by atoms with van der Waals surface area (Å²) < 4.78 is 47.8. The summed E-state index contributed by atoms with van der Waals surface area (Å²) in [4.78, 5) is 119. The van der Waals surface area contributed by atoms with Crippen LogP contribution in [0.1, 0.15) is 139 Å². The summed E-state index contributed by atoms with van der Waals surface area (Å²) in [5, 5.41) is 34.9. The highest BCUT2D eigenvalue weighted by molar-refractivity contribution is 7.79. The molecule has 30 heteroatoms. The predicted octanol–water partition coefficient (Wildman–Crippen LogP) is 12.1. The van der Waals surface area contributed by atoms with Crippen LogP contribution in [0.25, 0.3) is 43.6 Å². The fourth-order valence-electron chi connectivity index (χ4n) is 13.5. The Morgan fingerprint density at radius 2 is 0.913 bits per heavy atom. The van der Waals surface area contributed by atoms with E-state index >= 15 is 0 Å². The lowest BCUT2D eigenvalue weighted by Crippen LogP contribution is -3.61. The van der Waals surface area contributed by atoms with Gasteiger partial charge in [-0.15, -0.1) is 12.4 Å². The van der Waals surface area contributed by atoms with Crippen molar-refractivity contribution >= 4 is 137 Å². The van der Waals surface area contributed by atoms with Gasteiger partial charge in [-0.2, -0.15) is 8.42 Å². The van der Waals surface area contributed by atoms with E-state index in [1.807, 2.05) is 167 Å². The first-order valence-electron chi connectivity index (χ1n) is 39.9. The predicted molar refractivity (Wildman–Crippen MR) is 491 cm³/mol. The third kappa shape index (κ3) is 27.4. The van der Waals surface area contributed by atoms with Gasteiger partial charge in [0.2, 0.25) is 3.57 Å². The lowest BCUT2D eigenvalue weighted by Gasteiger charge is -2.24. The Hall–Kier alpha value is -13.1. The van der Waals surface area contributed by atoms with Gasteiger partial charge in [0.1, 0.15) is 0 Å². The van der Waals surface area contributed by atoms with Gasteiger partial charge in [-0.3, -0.25) is 28.3 Å². The Balaban J connectivity index is 0.000000208. The molecule has 0 fully saturated rings. The van der Waals surface area contributed by atoms with Crippen molar-refractivity contribution in [2.24, 2.45) is 0 Å². The fourth-order valence-corrected chi connectivity index (χ4v) is 16.0. The minimum atomic E-state index is -4.67. The van der Waals surface area contributed by atoms with Gasteiger partial charge in [0, 0.05) is 76.6 Å². The second kappa shape index (κ2) is 48.2. The van der Waals surface area contributed by atoms with E-state index in [1.54, 1.807) is 72.8 Å². The second-order valence-electron chi connectivity index (χ2n) is 28.4. The monoisotopic (exact) mass is 1860 g/mol. The van der Waals surface area contributed by atoms with Crippen molar-refractivity contribution in [3.05, 3.63) is 330 Å². The van der Waals surface area contributed by atoms with Crippen molar-refractivity contribution in [3.8, 4) is 0 Å². The number of aromatic nitrogens is 2. The van der Waals surface area contributed by atoms with Gasteiger partial charge in [0.05, 0.1) is 94.3 Å². The zero-order chi connectivity index (χ0) is 91.2.